The van der Waals surface area contributed by atoms with E-state index in [4.69, 9.17) is 9.57 Å². The van der Waals surface area contributed by atoms with Crippen LogP contribution in [0, 0.1) is 0 Å². The topological polar surface area (TPSA) is 55.8 Å². The van der Waals surface area contributed by atoms with E-state index in [0.717, 1.165) is 5.06 Å². The van der Waals surface area contributed by atoms with E-state index in [0.29, 0.717) is 17.0 Å². The SMILES string of the molecule is COc1ccc(C(=O)ON(C(C)=O)c2ccccc2)cc1. The summed E-state index contributed by atoms with van der Waals surface area (Å²) < 4.78 is 5.02. The summed E-state index contributed by atoms with van der Waals surface area (Å²) in [6, 6.07) is 15.1. The lowest BCUT2D eigenvalue weighted by atomic mass is 10.2. The van der Waals surface area contributed by atoms with Gasteiger partial charge in [-0.25, -0.2) is 4.79 Å². The normalized spacial score (nSPS) is 9.81. The van der Waals surface area contributed by atoms with Gasteiger partial charge in [0.15, 0.2) is 0 Å². The number of rotatable bonds is 3. The molecular formula is C16H15NO4. The quantitative estimate of drug-likeness (QED) is 0.814. The maximum Gasteiger partial charge on any atom is 0.363 e. The average Bonchev–Trinajstić information content (AvgIpc) is 2.53. The number of hydrogen-bond acceptors (Lipinski definition) is 4. The van der Waals surface area contributed by atoms with Crippen LogP contribution >= 0.6 is 0 Å². The highest BCUT2D eigenvalue weighted by molar-refractivity contribution is 5.96. The Morgan fingerprint density at radius 2 is 1.57 bits per heavy atom. The zero-order chi connectivity index (χ0) is 15.2. The number of amides is 1. The van der Waals surface area contributed by atoms with Gasteiger partial charge in [0.2, 0.25) is 0 Å². The van der Waals surface area contributed by atoms with Gasteiger partial charge < -0.3 is 9.57 Å². The summed E-state index contributed by atoms with van der Waals surface area (Å²) in [5.74, 6) is -0.363. The van der Waals surface area contributed by atoms with Crippen LogP contribution in [0.5, 0.6) is 5.75 Å². The third-order valence-corrected chi connectivity index (χ3v) is 2.78. The number of carbonyl (C=O) groups excluding carboxylic acids is 2. The largest absolute Gasteiger partial charge is 0.497 e. The van der Waals surface area contributed by atoms with Crippen molar-refractivity contribution >= 4 is 17.6 Å². The molecule has 0 spiro atoms. The molecule has 0 saturated carbocycles. The first kappa shape index (κ1) is 14.6. The minimum atomic E-state index is -0.614. The Kier molecular flexibility index (Phi) is 4.56. The Hall–Kier alpha value is -2.82. The van der Waals surface area contributed by atoms with E-state index >= 15 is 0 Å². The molecule has 0 saturated heterocycles. The first-order valence-electron chi connectivity index (χ1n) is 6.34. The minimum Gasteiger partial charge on any atom is -0.497 e. The zero-order valence-corrected chi connectivity index (χ0v) is 11.8. The van der Waals surface area contributed by atoms with Gasteiger partial charge in [-0.2, -0.15) is 0 Å². The second-order valence-corrected chi connectivity index (χ2v) is 4.26. The number of hydrogen-bond donors (Lipinski definition) is 0. The number of carbonyl (C=O) groups is 2. The van der Waals surface area contributed by atoms with Gasteiger partial charge in [0.25, 0.3) is 5.91 Å². The highest BCUT2D eigenvalue weighted by Gasteiger charge is 2.18. The lowest BCUT2D eigenvalue weighted by Crippen LogP contribution is -2.31. The molecule has 0 radical (unpaired) electrons. The van der Waals surface area contributed by atoms with Gasteiger partial charge in [-0.15, -0.1) is 5.06 Å². The summed E-state index contributed by atoms with van der Waals surface area (Å²) in [7, 11) is 1.54. The molecule has 2 rings (SSSR count). The van der Waals surface area contributed by atoms with Crippen LogP contribution in [-0.2, 0) is 9.63 Å². The summed E-state index contributed by atoms with van der Waals surface area (Å²) in [5.41, 5.74) is 0.824. The van der Waals surface area contributed by atoms with Gasteiger partial charge in [0.1, 0.15) is 5.75 Å². The first-order chi connectivity index (χ1) is 10.1. The van der Waals surface area contributed by atoms with Crippen molar-refractivity contribution in [3.8, 4) is 5.75 Å². The van der Waals surface area contributed by atoms with Crippen molar-refractivity contribution in [3.05, 3.63) is 60.2 Å². The molecule has 0 N–H and O–H groups in total. The molecule has 2 aromatic carbocycles. The van der Waals surface area contributed by atoms with Crippen molar-refractivity contribution in [2.45, 2.75) is 6.92 Å². The molecule has 0 aliphatic carbocycles. The van der Waals surface area contributed by atoms with Crippen molar-refractivity contribution in [3.63, 3.8) is 0 Å². The monoisotopic (exact) mass is 285 g/mol. The lowest BCUT2D eigenvalue weighted by molar-refractivity contribution is -0.122. The Bertz CT molecular complexity index is 622. The van der Waals surface area contributed by atoms with E-state index < -0.39 is 5.97 Å². The predicted molar refractivity (Wildman–Crippen MR) is 78.0 cm³/mol. The number of ether oxygens (including phenoxy) is 1. The molecule has 0 heterocycles. The molecule has 0 aliphatic heterocycles. The van der Waals surface area contributed by atoms with Crippen molar-refractivity contribution in [1.82, 2.24) is 0 Å². The van der Waals surface area contributed by atoms with Gasteiger partial charge in [-0.1, -0.05) is 18.2 Å². The van der Waals surface area contributed by atoms with E-state index in [9.17, 15) is 9.59 Å². The smallest absolute Gasteiger partial charge is 0.363 e. The molecule has 0 fully saturated rings. The van der Waals surface area contributed by atoms with E-state index in [1.165, 1.54) is 6.92 Å². The summed E-state index contributed by atoms with van der Waals surface area (Å²) in [6.45, 7) is 1.33. The van der Waals surface area contributed by atoms with Crippen LogP contribution in [0.1, 0.15) is 17.3 Å². The molecule has 5 heteroatoms. The van der Waals surface area contributed by atoms with Crippen LogP contribution in [-0.4, -0.2) is 19.0 Å². The van der Waals surface area contributed by atoms with Crippen LogP contribution in [0.4, 0.5) is 5.69 Å². The van der Waals surface area contributed by atoms with Gasteiger partial charge in [0.05, 0.1) is 18.4 Å². The van der Waals surface area contributed by atoms with Crippen LogP contribution in [0.25, 0.3) is 0 Å². The van der Waals surface area contributed by atoms with Crippen molar-refractivity contribution in [2.24, 2.45) is 0 Å². The number of methoxy groups -OCH3 is 1. The number of benzene rings is 2. The molecule has 108 valence electrons. The second-order valence-electron chi connectivity index (χ2n) is 4.26. The third-order valence-electron chi connectivity index (χ3n) is 2.78. The highest BCUT2D eigenvalue weighted by Crippen LogP contribution is 2.17. The van der Waals surface area contributed by atoms with E-state index in [-0.39, 0.29) is 5.91 Å². The Balaban J connectivity index is 2.16. The van der Waals surface area contributed by atoms with Crippen LogP contribution in [0.2, 0.25) is 0 Å². The number of anilines is 1. The Morgan fingerprint density at radius 3 is 2.10 bits per heavy atom. The number of hydroxylamine groups is 1. The summed E-state index contributed by atoms with van der Waals surface area (Å²) in [6.07, 6.45) is 0. The fraction of sp³-hybridized carbons (Fsp3) is 0.125. The van der Waals surface area contributed by atoms with Crippen LogP contribution < -0.4 is 9.80 Å². The average molecular weight is 285 g/mol. The second kappa shape index (κ2) is 6.56. The summed E-state index contributed by atoms with van der Waals surface area (Å²) in [5, 5.41) is 0.965. The first-order valence-corrected chi connectivity index (χ1v) is 6.34. The maximum absolute atomic E-state index is 12.1. The van der Waals surface area contributed by atoms with Crippen molar-refractivity contribution in [1.29, 1.82) is 0 Å². The molecule has 0 aromatic heterocycles. The fourth-order valence-corrected chi connectivity index (χ4v) is 1.72. The molecule has 2 aromatic rings. The molecule has 21 heavy (non-hydrogen) atoms. The van der Waals surface area contributed by atoms with E-state index in [1.807, 2.05) is 6.07 Å². The molecule has 1 amide bonds. The number of para-hydroxylation sites is 1. The standard InChI is InChI=1S/C16H15NO4/c1-12(18)17(14-6-4-3-5-7-14)21-16(19)13-8-10-15(20-2)11-9-13/h3-11H,1-2H3. The van der Waals surface area contributed by atoms with Gasteiger partial charge >= 0.3 is 5.97 Å². The Morgan fingerprint density at radius 1 is 0.952 bits per heavy atom. The number of nitrogens with zero attached hydrogens (tertiary/aromatic N) is 1. The van der Waals surface area contributed by atoms with Crippen LogP contribution in [0.15, 0.2) is 54.6 Å². The predicted octanol–water partition coefficient (Wildman–Crippen LogP) is 2.82. The van der Waals surface area contributed by atoms with Gasteiger partial charge in [-0.3, -0.25) is 4.79 Å². The third kappa shape index (κ3) is 3.60. The molecule has 0 bridgehead atoms. The lowest BCUT2D eigenvalue weighted by Gasteiger charge is -2.19. The molecular weight excluding hydrogens is 270 g/mol. The maximum atomic E-state index is 12.1. The summed E-state index contributed by atoms with van der Waals surface area (Å²) >= 11 is 0. The molecule has 5 nitrogen and oxygen atoms in total. The van der Waals surface area contributed by atoms with Crippen LogP contribution in [0.3, 0.4) is 0 Å². The molecule has 0 atom stereocenters. The molecule has 0 unspecified atom stereocenters. The van der Waals surface area contributed by atoms with Crippen molar-refractivity contribution < 1.29 is 19.2 Å². The highest BCUT2D eigenvalue weighted by atomic mass is 16.7. The summed E-state index contributed by atoms with van der Waals surface area (Å²) in [4.78, 5) is 28.9. The molecule has 0 aliphatic rings. The Labute approximate surface area is 122 Å². The minimum absolute atomic E-state index is 0.331. The van der Waals surface area contributed by atoms with Gasteiger partial charge in [-0.05, 0) is 36.4 Å². The van der Waals surface area contributed by atoms with E-state index in [2.05, 4.69) is 0 Å². The zero-order valence-electron chi connectivity index (χ0n) is 11.8. The van der Waals surface area contributed by atoms with E-state index in [1.54, 1.807) is 55.6 Å². The van der Waals surface area contributed by atoms with Crippen molar-refractivity contribution in [2.75, 3.05) is 12.2 Å². The fourth-order valence-electron chi connectivity index (χ4n) is 1.72. The van der Waals surface area contributed by atoms with Gasteiger partial charge in [0, 0.05) is 6.92 Å².